The summed E-state index contributed by atoms with van der Waals surface area (Å²) in [5.41, 5.74) is 3.83. The van der Waals surface area contributed by atoms with Crippen molar-refractivity contribution < 1.29 is 22.6 Å². The summed E-state index contributed by atoms with van der Waals surface area (Å²) >= 11 is 0. The molecule has 5 heteroatoms. The molecule has 0 heterocycles. The van der Waals surface area contributed by atoms with Crippen LogP contribution in [0.15, 0.2) is 72.8 Å². The van der Waals surface area contributed by atoms with Crippen LogP contribution in [-0.2, 0) is 0 Å². The molecule has 29 heavy (non-hydrogen) atoms. The average molecular weight is 400 g/mol. The standard InChI is InChI=1S/C24H23F3O2/c1-16(2)23(19-7-5-4-6-8-19)28-21-13-14-22(17(3)15-21)18-9-11-20(12-10-18)29-24(25,26)27/h4-16,23H,1-3H3. The van der Waals surface area contributed by atoms with Gasteiger partial charge in [-0.2, -0.15) is 0 Å². The first-order valence-corrected chi connectivity index (χ1v) is 9.41. The van der Waals surface area contributed by atoms with E-state index in [0.717, 1.165) is 28.0 Å². The summed E-state index contributed by atoms with van der Waals surface area (Å²) in [4.78, 5) is 0. The summed E-state index contributed by atoms with van der Waals surface area (Å²) in [5.74, 6) is 0.811. The Labute approximate surface area is 168 Å². The molecule has 0 aromatic heterocycles. The number of alkyl halides is 3. The maximum absolute atomic E-state index is 12.3. The van der Waals surface area contributed by atoms with Crippen LogP contribution in [0.1, 0.15) is 31.1 Å². The quantitative estimate of drug-likeness (QED) is 0.431. The van der Waals surface area contributed by atoms with E-state index in [-0.39, 0.29) is 11.9 Å². The van der Waals surface area contributed by atoms with E-state index < -0.39 is 6.36 Å². The number of halogens is 3. The highest BCUT2D eigenvalue weighted by Gasteiger charge is 2.31. The monoisotopic (exact) mass is 400 g/mol. The lowest BCUT2D eigenvalue weighted by Crippen LogP contribution is -2.16. The first kappa shape index (κ1) is 20.8. The van der Waals surface area contributed by atoms with Crippen molar-refractivity contribution in [3.8, 4) is 22.6 Å². The van der Waals surface area contributed by atoms with Gasteiger partial charge >= 0.3 is 6.36 Å². The lowest BCUT2D eigenvalue weighted by molar-refractivity contribution is -0.274. The van der Waals surface area contributed by atoms with Crippen LogP contribution in [0.2, 0.25) is 0 Å². The third-order valence-corrected chi connectivity index (χ3v) is 4.59. The van der Waals surface area contributed by atoms with Crippen molar-refractivity contribution in [3.05, 3.63) is 83.9 Å². The van der Waals surface area contributed by atoms with Crippen LogP contribution in [0.3, 0.4) is 0 Å². The number of rotatable bonds is 6. The highest BCUT2D eigenvalue weighted by atomic mass is 19.4. The van der Waals surface area contributed by atoms with Crippen LogP contribution in [0.4, 0.5) is 13.2 Å². The second-order valence-electron chi connectivity index (χ2n) is 7.24. The van der Waals surface area contributed by atoms with Gasteiger partial charge in [0.25, 0.3) is 0 Å². The zero-order valence-corrected chi connectivity index (χ0v) is 16.5. The van der Waals surface area contributed by atoms with Gasteiger partial charge < -0.3 is 9.47 Å². The van der Waals surface area contributed by atoms with Crippen LogP contribution in [0.25, 0.3) is 11.1 Å². The van der Waals surface area contributed by atoms with Gasteiger partial charge in [-0.05, 0) is 59.4 Å². The number of hydrogen-bond donors (Lipinski definition) is 0. The SMILES string of the molecule is Cc1cc(OC(c2ccccc2)C(C)C)ccc1-c1ccc(OC(F)(F)F)cc1. The lowest BCUT2D eigenvalue weighted by atomic mass is 9.98. The molecule has 0 aliphatic heterocycles. The van der Waals surface area contributed by atoms with Crippen molar-refractivity contribution in [2.24, 2.45) is 5.92 Å². The normalized spacial score (nSPS) is 12.7. The van der Waals surface area contributed by atoms with E-state index in [1.807, 2.05) is 43.3 Å². The van der Waals surface area contributed by atoms with Crippen LogP contribution < -0.4 is 9.47 Å². The third-order valence-electron chi connectivity index (χ3n) is 4.59. The van der Waals surface area contributed by atoms with Gasteiger partial charge in [-0.25, -0.2) is 0 Å². The molecule has 3 aromatic carbocycles. The predicted octanol–water partition coefficient (Wildman–Crippen LogP) is 7.34. The fourth-order valence-electron chi connectivity index (χ4n) is 3.25. The second kappa shape index (κ2) is 8.60. The lowest BCUT2D eigenvalue weighted by Gasteiger charge is -2.23. The summed E-state index contributed by atoms with van der Waals surface area (Å²) in [6.07, 6.45) is -4.76. The van der Waals surface area contributed by atoms with Crippen molar-refractivity contribution in [2.75, 3.05) is 0 Å². The Morgan fingerprint density at radius 1 is 0.793 bits per heavy atom. The largest absolute Gasteiger partial charge is 0.573 e. The number of benzene rings is 3. The number of ether oxygens (including phenoxy) is 2. The molecule has 0 N–H and O–H groups in total. The first-order valence-electron chi connectivity index (χ1n) is 9.41. The molecular weight excluding hydrogens is 377 g/mol. The van der Waals surface area contributed by atoms with E-state index in [2.05, 4.69) is 30.7 Å². The summed E-state index contributed by atoms with van der Waals surface area (Å²) in [6, 6.07) is 21.7. The average Bonchev–Trinajstić information content (AvgIpc) is 2.66. The molecule has 0 aliphatic carbocycles. The molecule has 0 fully saturated rings. The highest BCUT2D eigenvalue weighted by molar-refractivity contribution is 5.68. The van der Waals surface area contributed by atoms with Crippen LogP contribution in [-0.4, -0.2) is 6.36 Å². The minimum atomic E-state index is -4.69. The van der Waals surface area contributed by atoms with E-state index in [1.165, 1.54) is 12.1 Å². The molecule has 0 saturated carbocycles. The highest BCUT2D eigenvalue weighted by Crippen LogP contribution is 2.33. The Morgan fingerprint density at radius 3 is 1.97 bits per heavy atom. The van der Waals surface area contributed by atoms with Crippen LogP contribution >= 0.6 is 0 Å². The van der Waals surface area contributed by atoms with E-state index >= 15 is 0 Å². The molecular formula is C24H23F3O2. The van der Waals surface area contributed by atoms with Gasteiger partial charge in [0, 0.05) is 0 Å². The summed E-state index contributed by atoms with van der Waals surface area (Å²) in [6.45, 7) is 6.18. The molecule has 0 radical (unpaired) electrons. The van der Waals surface area contributed by atoms with Crippen LogP contribution in [0.5, 0.6) is 11.5 Å². The maximum atomic E-state index is 12.3. The number of aryl methyl sites for hydroxylation is 1. The maximum Gasteiger partial charge on any atom is 0.573 e. The smallest absolute Gasteiger partial charge is 0.485 e. The molecule has 0 bridgehead atoms. The molecule has 152 valence electrons. The minimum Gasteiger partial charge on any atom is -0.485 e. The number of hydrogen-bond acceptors (Lipinski definition) is 2. The molecule has 0 spiro atoms. The zero-order valence-electron chi connectivity index (χ0n) is 16.5. The summed E-state index contributed by atoms with van der Waals surface area (Å²) < 4.78 is 47.2. The fraction of sp³-hybridized carbons (Fsp3) is 0.250. The molecule has 3 rings (SSSR count). The first-order chi connectivity index (χ1) is 13.7. The fourth-order valence-corrected chi connectivity index (χ4v) is 3.25. The van der Waals surface area contributed by atoms with Gasteiger partial charge in [0.2, 0.25) is 0 Å². The molecule has 1 atom stereocenters. The van der Waals surface area contributed by atoms with E-state index in [0.29, 0.717) is 5.92 Å². The van der Waals surface area contributed by atoms with Gasteiger partial charge in [-0.1, -0.05) is 62.4 Å². The van der Waals surface area contributed by atoms with Gasteiger partial charge in [-0.3, -0.25) is 0 Å². The van der Waals surface area contributed by atoms with Gasteiger partial charge in [0.1, 0.15) is 17.6 Å². The molecule has 0 saturated heterocycles. The molecule has 3 aromatic rings. The Kier molecular flexibility index (Phi) is 6.16. The molecule has 0 aliphatic rings. The van der Waals surface area contributed by atoms with Crippen molar-refractivity contribution >= 4 is 0 Å². The zero-order chi connectivity index (χ0) is 21.0. The van der Waals surface area contributed by atoms with E-state index in [9.17, 15) is 13.2 Å². The Hall–Kier alpha value is -2.95. The van der Waals surface area contributed by atoms with Crippen molar-refractivity contribution in [3.63, 3.8) is 0 Å². The van der Waals surface area contributed by atoms with E-state index in [4.69, 9.17) is 4.74 Å². The Bertz CT molecular complexity index is 933. The Balaban J connectivity index is 1.79. The van der Waals surface area contributed by atoms with Crippen molar-refractivity contribution in [1.82, 2.24) is 0 Å². The molecule has 0 amide bonds. The van der Waals surface area contributed by atoms with Gasteiger partial charge in [0.15, 0.2) is 0 Å². The van der Waals surface area contributed by atoms with Gasteiger partial charge in [-0.15, -0.1) is 13.2 Å². The second-order valence-corrected chi connectivity index (χ2v) is 7.24. The van der Waals surface area contributed by atoms with Crippen molar-refractivity contribution in [1.29, 1.82) is 0 Å². The van der Waals surface area contributed by atoms with Crippen LogP contribution in [0, 0.1) is 12.8 Å². The van der Waals surface area contributed by atoms with Gasteiger partial charge in [0.05, 0.1) is 0 Å². The topological polar surface area (TPSA) is 18.5 Å². The predicted molar refractivity (Wildman–Crippen MR) is 108 cm³/mol. The third kappa shape index (κ3) is 5.53. The molecule has 2 nitrogen and oxygen atoms in total. The Morgan fingerprint density at radius 2 is 1.41 bits per heavy atom. The van der Waals surface area contributed by atoms with Crippen molar-refractivity contribution in [2.45, 2.75) is 33.2 Å². The summed E-state index contributed by atoms with van der Waals surface area (Å²) in [7, 11) is 0. The molecule has 1 unspecified atom stereocenters. The minimum absolute atomic E-state index is 0.0692. The van der Waals surface area contributed by atoms with E-state index in [1.54, 1.807) is 12.1 Å². The summed E-state index contributed by atoms with van der Waals surface area (Å²) in [5, 5.41) is 0.